The Hall–Kier alpha value is -1.06. The molecule has 3 nitrogen and oxygen atoms in total. The van der Waals surface area contributed by atoms with Crippen molar-refractivity contribution in [3.8, 4) is 0 Å². The summed E-state index contributed by atoms with van der Waals surface area (Å²) >= 11 is 0. The second-order valence-electron chi connectivity index (χ2n) is 6.19. The van der Waals surface area contributed by atoms with Crippen LogP contribution in [0, 0.1) is 0 Å². The Balaban J connectivity index is 0.00000161. The highest BCUT2D eigenvalue weighted by Crippen LogP contribution is 2.34. The maximum absolute atomic E-state index is 11.1. The number of halogens is 1. The number of carboxylic acids is 1. The molecule has 2 aliphatic carbocycles. The molecule has 1 atom stereocenters. The van der Waals surface area contributed by atoms with Gasteiger partial charge in [0.05, 0.1) is 0 Å². The predicted molar refractivity (Wildman–Crippen MR) is 86.3 cm³/mol. The van der Waals surface area contributed by atoms with E-state index in [0.717, 1.165) is 25.7 Å². The van der Waals surface area contributed by atoms with Crippen molar-refractivity contribution in [2.75, 3.05) is 0 Å². The first-order valence-corrected chi connectivity index (χ1v) is 7.80. The second-order valence-corrected chi connectivity index (χ2v) is 6.19. The third-order valence-electron chi connectivity index (χ3n) is 4.84. The molecule has 1 aromatic rings. The van der Waals surface area contributed by atoms with Gasteiger partial charge in [-0.05, 0) is 85.6 Å². The van der Waals surface area contributed by atoms with Crippen LogP contribution in [0.2, 0.25) is 0 Å². The zero-order chi connectivity index (χ0) is 14.1. The Kier molecular flexibility index (Phi) is 5.28. The highest BCUT2D eigenvalue weighted by atomic mass is 35.5. The fraction of sp³-hybridized carbons (Fsp3) is 0.588. The first-order chi connectivity index (χ1) is 9.66. The van der Waals surface area contributed by atoms with Crippen LogP contribution in [-0.4, -0.2) is 17.1 Å². The van der Waals surface area contributed by atoms with E-state index in [9.17, 15) is 4.79 Å². The van der Waals surface area contributed by atoms with Crippen LogP contribution >= 0.6 is 12.4 Å². The fourth-order valence-corrected chi connectivity index (χ4v) is 3.81. The molecule has 3 N–H and O–H groups in total. The lowest BCUT2D eigenvalue weighted by molar-refractivity contribution is -0.138. The molecule has 0 amide bonds. The summed E-state index contributed by atoms with van der Waals surface area (Å²) in [5.41, 5.74) is 12.9. The van der Waals surface area contributed by atoms with Crippen LogP contribution in [0.4, 0.5) is 0 Å². The molecular formula is C17H24ClNO2. The molecule has 1 aromatic carbocycles. The average molecular weight is 310 g/mol. The molecule has 0 saturated heterocycles. The maximum Gasteiger partial charge on any atom is 0.320 e. The van der Waals surface area contributed by atoms with Crippen LogP contribution in [0.25, 0.3) is 0 Å². The van der Waals surface area contributed by atoms with Gasteiger partial charge in [-0.2, -0.15) is 0 Å². The number of aliphatic carboxylic acids is 1. The molecule has 1 unspecified atom stereocenters. The van der Waals surface area contributed by atoms with Crippen LogP contribution in [0.1, 0.15) is 53.5 Å². The molecule has 4 heteroatoms. The summed E-state index contributed by atoms with van der Waals surface area (Å²) in [4.78, 5) is 11.1. The van der Waals surface area contributed by atoms with Gasteiger partial charge in [0.2, 0.25) is 0 Å². The number of nitrogens with two attached hydrogens (primary N) is 1. The number of fused-ring (bicyclic) bond motifs is 2. The number of benzene rings is 1. The third kappa shape index (κ3) is 3.24. The minimum absolute atomic E-state index is 0. The molecule has 2 aliphatic rings. The minimum atomic E-state index is -0.886. The van der Waals surface area contributed by atoms with E-state index < -0.39 is 12.0 Å². The largest absolute Gasteiger partial charge is 0.480 e. The van der Waals surface area contributed by atoms with E-state index in [0.29, 0.717) is 6.42 Å². The monoisotopic (exact) mass is 309 g/mol. The topological polar surface area (TPSA) is 63.3 Å². The van der Waals surface area contributed by atoms with Crippen molar-refractivity contribution in [2.24, 2.45) is 5.73 Å². The van der Waals surface area contributed by atoms with E-state index in [4.69, 9.17) is 10.8 Å². The molecule has 0 aliphatic heterocycles. The van der Waals surface area contributed by atoms with Gasteiger partial charge >= 0.3 is 5.97 Å². The number of carboxylic acid groups (broad SMARTS) is 1. The Morgan fingerprint density at radius 2 is 1.52 bits per heavy atom. The van der Waals surface area contributed by atoms with E-state index in [1.54, 1.807) is 0 Å². The van der Waals surface area contributed by atoms with Gasteiger partial charge < -0.3 is 10.8 Å². The highest BCUT2D eigenvalue weighted by molar-refractivity contribution is 5.85. The SMILES string of the molecule is Cl.NC(Cc1c2c(cc3c1CCCC3)CCCC2)C(=O)O. The van der Waals surface area contributed by atoms with Gasteiger partial charge in [-0.1, -0.05) is 6.07 Å². The molecule has 0 saturated carbocycles. The lowest BCUT2D eigenvalue weighted by atomic mass is 9.77. The van der Waals surface area contributed by atoms with Crippen molar-refractivity contribution in [1.29, 1.82) is 0 Å². The predicted octanol–water partition coefficient (Wildman–Crippen LogP) is 2.82. The molecule has 0 heterocycles. The van der Waals surface area contributed by atoms with Gasteiger partial charge in [-0.3, -0.25) is 4.79 Å². The standard InChI is InChI=1S/C17H23NO2.ClH/c18-16(17(19)20)10-15-13-7-3-1-5-11(13)9-12-6-2-4-8-14(12)15;/h9,16H,1-8,10,18H2,(H,19,20);1H. The van der Waals surface area contributed by atoms with Gasteiger partial charge in [0.1, 0.15) is 6.04 Å². The molecule has 0 bridgehead atoms. The van der Waals surface area contributed by atoms with Crippen molar-refractivity contribution in [3.05, 3.63) is 33.9 Å². The summed E-state index contributed by atoms with van der Waals surface area (Å²) < 4.78 is 0. The third-order valence-corrected chi connectivity index (χ3v) is 4.84. The van der Waals surface area contributed by atoms with Gasteiger partial charge in [0.25, 0.3) is 0 Å². The molecular weight excluding hydrogens is 286 g/mol. The van der Waals surface area contributed by atoms with Crippen molar-refractivity contribution >= 4 is 18.4 Å². The van der Waals surface area contributed by atoms with Crippen molar-refractivity contribution in [2.45, 2.75) is 63.8 Å². The smallest absolute Gasteiger partial charge is 0.320 e. The lowest BCUT2D eigenvalue weighted by Crippen LogP contribution is -2.33. The number of rotatable bonds is 3. The number of carbonyl (C=O) groups is 1. The summed E-state index contributed by atoms with van der Waals surface area (Å²) in [6, 6.07) is 1.63. The zero-order valence-corrected chi connectivity index (χ0v) is 13.2. The van der Waals surface area contributed by atoms with Crippen LogP contribution in [-0.2, 0) is 36.9 Å². The van der Waals surface area contributed by atoms with Crippen LogP contribution in [0.5, 0.6) is 0 Å². The van der Waals surface area contributed by atoms with E-state index >= 15 is 0 Å². The highest BCUT2D eigenvalue weighted by Gasteiger charge is 2.24. The van der Waals surface area contributed by atoms with Gasteiger partial charge in [0, 0.05) is 0 Å². The van der Waals surface area contributed by atoms with E-state index in [1.807, 2.05) is 0 Å². The molecule has 116 valence electrons. The number of aryl methyl sites for hydroxylation is 2. The summed E-state index contributed by atoms with van der Waals surface area (Å²) in [6.07, 6.45) is 9.97. The van der Waals surface area contributed by atoms with Crippen molar-refractivity contribution < 1.29 is 9.90 Å². The quantitative estimate of drug-likeness (QED) is 0.902. The summed E-state index contributed by atoms with van der Waals surface area (Å²) in [7, 11) is 0. The Labute approximate surface area is 132 Å². The van der Waals surface area contributed by atoms with Crippen LogP contribution in [0.3, 0.4) is 0 Å². The first-order valence-electron chi connectivity index (χ1n) is 7.80. The van der Waals surface area contributed by atoms with E-state index in [2.05, 4.69) is 6.07 Å². The summed E-state index contributed by atoms with van der Waals surface area (Å²) in [5, 5.41) is 9.13. The van der Waals surface area contributed by atoms with Crippen LogP contribution in [0.15, 0.2) is 6.07 Å². The van der Waals surface area contributed by atoms with Crippen molar-refractivity contribution in [1.82, 2.24) is 0 Å². The van der Waals surface area contributed by atoms with Crippen molar-refractivity contribution in [3.63, 3.8) is 0 Å². The number of hydrogen-bond donors (Lipinski definition) is 2. The summed E-state index contributed by atoms with van der Waals surface area (Å²) in [5.74, 6) is -0.886. The minimum Gasteiger partial charge on any atom is -0.480 e. The van der Waals surface area contributed by atoms with E-state index in [-0.39, 0.29) is 12.4 Å². The first kappa shape index (κ1) is 16.3. The molecule has 0 radical (unpaired) electrons. The molecule has 0 spiro atoms. The van der Waals surface area contributed by atoms with Gasteiger partial charge in [0.15, 0.2) is 0 Å². The van der Waals surface area contributed by atoms with Crippen LogP contribution < -0.4 is 5.73 Å². The molecule has 3 rings (SSSR count). The zero-order valence-electron chi connectivity index (χ0n) is 12.4. The molecule has 0 fully saturated rings. The molecule has 0 aromatic heterocycles. The van der Waals surface area contributed by atoms with E-state index in [1.165, 1.54) is 53.5 Å². The summed E-state index contributed by atoms with van der Waals surface area (Å²) in [6.45, 7) is 0. The Morgan fingerprint density at radius 1 is 1.05 bits per heavy atom. The normalized spacial score (nSPS) is 18.1. The average Bonchev–Trinajstić information content (AvgIpc) is 2.46. The maximum atomic E-state index is 11.1. The second kappa shape index (κ2) is 6.80. The number of hydrogen-bond acceptors (Lipinski definition) is 2. The van der Waals surface area contributed by atoms with Gasteiger partial charge in [-0.25, -0.2) is 0 Å². The fourth-order valence-electron chi connectivity index (χ4n) is 3.81. The molecule has 21 heavy (non-hydrogen) atoms. The Morgan fingerprint density at radius 3 is 2.00 bits per heavy atom. The van der Waals surface area contributed by atoms with Gasteiger partial charge in [-0.15, -0.1) is 12.4 Å². The Bertz CT molecular complexity index is 508. The lowest BCUT2D eigenvalue weighted by Gasteiger charge is -2.28.